The van der Waals surface area contributed by atoms with Crippen LogP contribution in [-0.4, -0.2) is 35.1 Å². The van der Waals surface area contributed by atoms with Crippen molar-refractivity contribution in [2.24, 2.45) is 0 Å². The summed E-state index contributed by atoms with van der Waals surface area (Å²) in [5.41, 5.74) is 0. The Balaban J connectivity index is 0.000000561. The highest BCUT2D eigenvalue weighted by Gasteiger charge is 2.29. The molecular weight excluding hydrogens is 156 g/mol. The van der Waals surface area contributed by atoms with E-state index in [9.17, 15) is 5.11 Å². The Morgan fingerprint density at radius 2 is 1.92 bits per heavy atom. The summed E-state index contributed by atoms with van der Waals surface area (Å²) in [6, 6.07) is 0. The van der Waals surface area contributed by atoms with Gasteiger partial charge in [-0.2, -0.15) is 0 Å². The first-order chi connectivity index (χ1) is 5.75. The number of hydrogen-bond acceptors (Lipinski definition) is 3. The van der Waals surface area contributed by atoms with E-state index >= 15 is 0 Å². The number of hydrogen-bond donors (Lipinski definition) is 2. The maximum Gasteiger partial charge on any atom is 0.106 e. The van der Waals surface area contributed by atoms with Gasteiger partial charge in [0.25, 0.3) is 0 Å². The quantitative estimate of drug-likeness (QED) is 0.625. The smallest absolute Gasteiger partial charge is 0.106 e. The van der Waals surface area contributed by atoms with Gasteiger partial charge >= 0.3 is 0 Å². The summed E-state index contributed by atoms with van der Waals surface area (Å²) in [6.07, 6.45) is -0.114. The van der Waals surface area contributed by atoms with Gasteiger partial charge in [0.2, 0.25) is 0 Å². The van der Waals surface area contributed by atoms with Gasteiger partial charge in [0.05, 0.1) is 12.2 Å². The van der Waals surface area contributed by atoms with Crippen LogP contribution in [0.5, 0.6) is 0 Å². The molecule has 1 heterocycles. The van der Waals surface area contributed by atoms with Crippen LogP contribution in [0, 0.1) is 0 Å². The van der Waals surface area contributed by atoms with Gasteiger partial charge in [-0.3, -0.25) is 0 Å². The molecule has 0 spiro atoms. The Kier molecular flexibility index (Phi) is 6.34. The van der Waals surface area contributed by atoms with E-state index < -0.39 is 12.2 Å². The molecule has 3 unspecified atom stereocenters. The molecule has 3 nitrogen and oxygen atoms in total. The summed E-state index contributed by atoms with van der Waals surface area (Å²) in [4.78, 5) is 0. The van der Waals surface area contributed by atoms with Crippen LogP contribution in [0.1, 0.15) is 33.6 Å². The lowest BCUT2D eigenvalue weighted by Crippen LogP contribution is -2.43. The molecule has 0 aliphatic carbocycles. The Morgan fingerprint density at radius 1 is 1.33 bits per heavy atom. The Bertz CT molecular complexity index is 106. The van der Waals surface area contributed by atoms with E-state index in [1.54, 1.807) is 0 Å². The monoisotopic (exact) mass is 176 g/mol. The van der Waals surface area contributed by atoms with Crippen molar-refractivity contribution in [2.75, 3.05) is 6.61 Å². The summed E-state index contributed by atoms with van der Waals surface area (Å²) < 4.78 is 5.20. The minimum Gasteiger partial charge on any atom is -0.390 e. The molecule has 0 saturated carbocycles. The molecule has 2 N–H and O–H groups in total. The van der Waals surface area contributed by atoms with E-state index in [0.29, 0.717) is 13.0 Å². The highest BCUT2D eigenvalue weighted by atomic mass is 16.5. The van der Waals surface area contributed by atoms with Gasteiger partial charge < -0.3 is 14.9 Å². The lowest BCUT2D eigenvalue weighted by Gasteiger charge is -2.31. The van der Waals surface area contributed by atoms with Crippen LogP contribution < -0.4 is 0 Å². The highest BCUT2D eigenvalue weighted by Crippen LogP contribution is 2.16. The molecule has 0 aromatic rings. The molecule has 1 aliphatic heterocycles. The van der Waals surface area contributed by atoms with Crippen molar-refractivity contribution in [3.63, 3.8) is 0 Å². The Morgan fingerprint density at radius 3 is 2.33 bits per heavy atom. The van der Waals surface area contributed by atoms with Crippen LogP contribution >= 0.6 is 0 Å². The summed E-state index contributed by atoms with van der Waals surface area (Å²) in [7, 11) is 0. The fourth-order valence-corrected chi connectivity index (χ4v) is 1.22. The number of ether oxygens (including phenoxy) is 1. The van der Waals surface area contributed by atoms with Gasteiger partial charge in [-0.15, -0.1) is 0 Å². The van der Waals surface area contributed by atoms with Gasteiger partial charge in [0.1, 0.15) is 6.10 Å². The zero-order valence-electron chi connectivity index (χ0n) is 8.16. The molecule has 3 atom stereocenters. The maximum absolute atomic E-state index is 9.26. The van der Waals surface area contributed by atoms with Crippen LogP contribution in [0.2, 0.25) is 0 Å². The first-order valence-corrected chi connectivity index (χ1v) is 4.73. The second-order valence-electron chi connectivity index (χ2n) is 2.66. The molecule has 0 aromatic heterocycles. The Hall–Kier alpha value is -0.120. The van der Waals surface area contributed by atoms with Crippen molar-refractivity contribution in [3.05, 3.63) is 0 Å². The summed E-state index contributed by atoms with van der Waals surface area (Å²) in [5, 5.41) is 18.4. The van der Waals surface area contributed by atoms with Crippen molar-refractivity contribution < 1.29 is 14.9 Å². The van der Waals surface area contributed by atoms with Gasteiger partial charge in [-0.1, -0.05) is 20.8 Å². The van der Waals surface area contributed by atoms with Gasteiger partial charge in [-0.05, 0) is 12.8 Å². The number of rotatable bonds is 1. The average molecular weight is 176 g/mol. The van der Waals surface area contributed by atoms with Crippen molar-refractivity contribution in [1.29, 1.82) is 0 Å². The van der Waals surface area contributed by atoms with E-state index in [1.807, 2.05) is 20.8 Å². The molecule has 74 valence electrons. The highest BCUT2D eigenvalue weighted by molar-refractivity contribution is 4.79. The molecule has 0 radical (unpaired) electrons. The van der Waals surface area contributed by atoms with Crippen molar-refractivity contribution >= 4 is 0 Å². The molecule has 3 heteroatoms. The van der Waals surface area contributed by atoms with Crippen LogP contribution in [0.4, 0.5) is 0 Å². The third-order valence-corrected chi connectivity index (χ3v) is 1.92. The third-order valence-electron chi connectivity index (χ3n) is 1.92. The number of aliphatic hydroxyl groups is 2. The minimum atomic E-state index is -0.682. The normalized spacial score (nSPS) is 35.2. The lowest BCUT2D eigenvalue weighted by atomic mass is 10.0. The largest absolute Gasteiger partial charge is 0.390 e. The molecule has 1 aliphatic rings. The molecule has 0 amide bonds. The third kappa shape index (κ3) is 3.09. The summed E-state index contributed by atoms with van der Waals surface area (Å²) in [5.74, 6) is 0. The summed E-state index contributed by atoms with van der Waals surface area (Å²) >= 11 is 0. The first-order valence-electron chi connectivity index (χ1n) is 4.73. The van der Waals surface area contributed by atoms with Crippen molar-refractivity contribution in [1.82, 2.24) is 0 Å². The molecule has 1 fully saturated rings. The van der Waals surface area contributed by atoms with E-state index in [4.69, 9.17) is 9.84 Å². The molecule has 12 heavy (non-hydrogen) atoms. The van der Waals surface area contributed by atoms with Crippen molar-refractivity contribution in [2.45, 2.75) is 51.9 Å². The van der Waals surface area contributed by atoms with Crippen LogP contribution in [0.15, 0.2) is 0 Å². The predicted molar refractivity (Wildman–Crippen MR) is 48.0 cm³/mol. The van der Waals surface area contributed by atoms with E-state index in [0.717, 1.165) is 6.42 Å². The fraction of sp³-hybridized carbons (Fsp3) is 1.00. The Labute approximate surface area is 74.4 Å². The van der Waals surface area contributed by atoms with E-state index in [2.05, 4.69) is 0 Å². The first kappa shape index (κ1) is 11.9. The maximum atomic E-state index is 9.26. The average Bonchev–Trinajstić information content (AvgIpc) is 2.13. The van der Waals surface area contributed by atoms with E-state index in [-0.39, 0.29) is 6.10 Å². The minimum absolute atomic E-state index is 0.163. The van der Waals surface area contributed by atoms with Crippen molar-refractivity contribution in [3.8, 4) is 0 Å². The molecule has 0 bridgehead atoms. The predicted octanol–water partition coefficient (Wildman–Crippen LogP) is 0.933. The molecule has 1 rings (SSSR count). The zero-order valence-corrected chi connectivity index (χ0v) is 8.16. The topological polar surface area (TPSA) is 49.7 Å². The standard InChI is InChI=1S/C7H14O3.C2H6/c1-2-6-7(9)5(8)3-4-10-6;1-2/h5-9H,2-4H2,1H3;1-2H3. The van der Waals surface area contributed by atoms with Gasteiger partial charge in [0, 0.05) is 6.61 Å². The summed E-state index contributed by atoms with van der Waals surface area (Å²) in [6.45, 7) is 6.50. The number of aliphatic hydroxyl groups excluding tert-OH is 2. The van der Waals surface area contributed by atoms with Gasteiger partial charge in [0.15, 0.2) is 0 Å². The second kappa shape index (κ2) is 6.40. The second-order valence-corrected chi connectivity index (χ2v) is 2.66. The molecular formula is C9H20O3. The van der Waals surface area contributed by atoms with Gasteiger partial charge in [-0.25, -0.2) is 0 Å². The zero-order chi connectivity index (χ0) is 9.56. The van der Waals surface area contributed by atoms with Crippen LogP contribution in [0.25, 0.3) is 0 Å². The van der Waals surface area contributed by atoms with Crippen LogP contribution in [0.3, 0.4) is 0 Å². The lowest BCUT2D eigenvalue weighted by molar-refractivity contribution is -0.135. The fourth-order valence-electron chi connectivity index (χ4n) is 1.22. The molecule has 1 saturated heterocycles. The SMILES string of the molecule is CC.CCC1OCCC(O)C1O. The molecule has 0 aromatic carbocycles. The van der Waals surface area contributed by atoms with E-state index in [1.165, 1.54) is 0 Å². The van der Waals surface area contributed by atoms with Crippen LogP contribution in [-0.2, 0) is 4.74 Å².